The third-order valence-electron chi connectivity index (χ3n) is 5.98. The van der Waals surface area contributed by atoms with Crippen LogP contribution in [0.2, 0.25) is 0 Å². The van der Waals surface area contributed by atoms with E-state index in [9.17, 15) is 44.3 Å². The summed E-state index contributed by atoms with van der Waals surface area (Å²) in [6, 6.07) is 0. The largest absolute Gasteiger partial charge is 0.481 e. The number of hydrogen-bond donors (Lipinski definition) is 9. The molecule has 40 heavy (non-hydrogen) atoms. The van der Waals surface area contributed by atoms with Crippen molar-refractivity contribution in [2.45, 2.75) is 61.4 Å². The number of aliphatic hydroxyl groups excluding tert-OH is 6. The normalized spacial score (nSPS) is 36.8. The van der Waals surface area contributed by atoms with Crippen LogP contribution in [-0.4, -0.2) is 128 Å². The Kier molecular flexibility index (Phi) is 9.55. The van der Waals surface area contributed by atoms with E-state index < -0.39 is 89.2 Å². The van der Waals surface area contributed by atoms with Gasteiger partial charge in [0.1, 0.15) is 54.6 Å². The monoisotopic (exact) mass is 637 g/mol. The number of halogens is 1. The van der Waals surface area contributed by atoms with E-state index in [1.54, 1.807) is 0 Å². The molecule has 4 rings (SSSR count). The molecule has 4 heterocycles. The predicted octanol–water partition coefficient (Wildman–Crippen LogP) is -3.47. The molecule has 0 spiro atoms. The molecular formula is C17H26FN5O14P2S. The van der Waals surface area contributed by atoms with Crippen LogP contribution in [0.3, 0.4) is 0 Å². The summed E-state index contributed by atoms with van der Waals surface area (Å²) in [7, 11) is -5.49. The minimum Gasteiger partial charge on any atom is -0.393 e. The third kappa shape index (κ3) is 6.50. The Bertz CT molecular complexity index is 1300. The molecule has 226 valence electrons. The first-order chi connectivity index (χ1) is 18.7. The van der Waals surface area contributed by atoms with Gasteiger partial charge in [-0.1, -0.05) is 0 Å². The Hall–Kier alpha value is -1.36. The van der Waals surface area contributed by atoms with E-state index in [-0.39, 0.29) is 17.0 Å². The summed E-state index contributed by atoms with van der Waals surface area (Å²) in [6.45, 7) is -6.63. The average molecular weight is 637 g/mol. The lowest BCUT2D eigenvalue weighted by Crippen LogP contribution is -2.60. The molecule has 2 fully saturated rings. The number of aromatic nitrogens is 4. The van der Waals surface area contributed by atoms with Crippen molar-refractivity contribution in [1.29, 1.82) is 0 Å². The van der Waals surface area contributed by atoms with E-state index in [4.69, 9.17) is 24.8 Å². The number of ether oxygens (including phenoxy) is 2. The highest BCUT2D eigenvalue weighted by Crippen LogP contribution is 2.61. The fourth-order valence-electron chi connectivity index (χ4n) is 3.99. The quantitative estimate of drug-likeness (QED) is 0.114. The van der Waals surface area contributed by atoms with Gasteiger partial charge >= 0.3 is 14.5 Å². The lowest BCUT2D eigenvalue weighted by molar-refractivity contribution is -0.287. The number of anilines is 1. The molecule has 0 amide bonds. The van der Waals surface area contributed by atoms with E-state index in [0.717, 1.165) is 6.33 Å². The lowest BCUT2D eigenvalue weighted by Gasteiger charge is -2.41. The van der Waals surface area contributed by atoms with Gasteiger partial charge in [0.25, 0.3) is 0 Å². The van der Waals surface area contributed by atoms with Gasteiger partial charge in [0.05, 0.1) is 19.5 Å². The molecule has 0 radical (unpaired) electrons. The summed E-state index contributed by atoms with van der Waals surface area (Å²) in [4.78, 5) is 32.1. The molecular weight excluding hydrogens is 611 g/mol. The minimum absolute atomic E-state index is 0.0516. The van der Waals surface area contributed by atoms with Crippen LogP contribution >= 0.6 is 14.5 Å². The van der Waals surface area contributed by atoms with E-state index in [0.29, 0.717) is 0 Å². The second kappa shape index (κ2) is 12.1. The number of hydrogen-bond acceptors (Lipinski definition) is 17. The molecule has 19 nitrogen and oxygen atoms in total. The maximum atomic E-state index is 13.9. The summed E-state index contributed by atoms with van der Waals surface area (Å²) in [6.07, 6.45) is -16.3. The van der Waals surface area contributed by atoms with Crippen LogP contribution in [0.25, 0.3) is 11.2 Å². The zero-order valence-corrected chi connectivity index (χ0v) is 22.5. The highest BCUT2D eigenvalue weighted by Gasteiger charge is 2.51. The Morgan fingerprint density at radius 3 is 2.45 bits per heavy atom. The zero-order valence-electron chi connectivity index (χ0n) is 19.9. The van der Waals surface area contributed by atoms with Crippen LogP contribution in [-0.2, 0) is 39.2 Å². The summed E-state index contributed by atoms with van der Waals surface area (Å²) in [5.41, 5.74) is 6.10. The van der Waals surface area contributed by atoms with Crippen molar-refractivity contribution in [3.63, 3.8) is 0 Å². The smallest absolute Gasteiger partial charge is 0.393 e. The SMILES string of the molecule is Nc1ncnc2c1ncn2[C@@H]1O[C@H](COP(O)(=S)OP(=O)(O)OC2OC([C@@H](F)CO)[C@@H](O)C(O)C2O)C(O)C1O. The van der Waals surface area contributed by atoms with Crippen molar-refractivity contribution in [3.8, 4) is 0 Å². The topological polar surface area (TPSA) is 295 Å². The number of alkyl halides is 1. The molecule has 23 heteroatoms. The number of fused-ring (bicyclic) bond motifs is 1. The van der Waals surface area contributed by atoms with Gasteiger partial charge in [-0.15, -0.1) is 0 Å². The zero-order chi connectivity index (χ0) is 29.6. The predicted molar refractivity (Wildman–Crippen MR) is 129 cm³/mol. The second-order valence-corrected chi connectivity index (χ2v) is 13.1. The van der Waals surface area contributed by atoms with Gasteiger partial charge in [-0.2, -0.15) is 0 Å². The van der Waals surface area contributed by atoms with Crippen molar-refractivity contribution in [3.05, 3.63) is 12.7 Å². The van der Waals surface area contributed by atoms with Gasteiger partial charge in [-0.3, -0.25) is 9.09 Å². The van der Waals surface area contributed by atoms with Crippen LogP contribution in [0.1, 0.15) is 6.23 Å². The Morgan fingerprint density at radius 2 is 1.77 bits per heavy atom. The number of nitrogens with zero attached hydrogens (tertiary/aromatic N) is 4. The van der Waals surface area contributed by atoms with Crippen molar-refractivity contribution >= 4 is 43.3 Å². The van der Waals surface area contributed by atoms with E-state index in [2.05, 4.69) is 35.6 Å². The number of phosphoric acid groups is 1. The number of phosphoric ester groups is 1. The minimum atomic E-state index is -5.49. The molecule has 2 aromatic rings. The van der Waals surface area contributed by atoms with Gasteiger partial charge in [0, 0.05) is 0 Å². The Balaban J connectivity index is 1.38. The Labute approximate surface area is 228 Å². The third-order valence-corrected chi connectivity index (χ3v) is 9.50. The number of rotatable bonds is 10. The van der Waals surface area contributed by atoms with Gasteiger partial charge < -0.3 is 60.2 Å². The number of aliphatic hydroxyl groups is 6. The van der Waals surface area contributed by atoms with Crippen LogP contribution < -0.4 is 5.73 Å². The second-order valence-electron chi connectivity index (χ2n) is 8.69. The molecule has 10 N–H and O–H groups in total. The highest BCUT2D eigenvalue weighted by atomic mass is 32.5. The molecule has 12 atom stereocenters. The van der Waals surface area contributed by atoms with Crippen molar-refractivity contribution in [1.82, 2.24) is 19.5 Å². The van der Waals surface area contributed by atoms with Gasteiger partial charge in [0.15, 0.2) is 30.2 Å². The van der Waals surface area contributed by atoms with E-state index in [1.165, 1.54) is 10.9 Å². The molecule has 0 bridgehead atoms. The van der Waals surface area contributed by atoms with Crippen LogP contribution in [0.5, 0.6) is 0 Å². The maximum absolute atomic E-state index is 13.9. The molecule has 0 aromatic carbocycles. The summed E-state index contributed by atoms with van der Waals surface area (Å²) < 4.78 is 52.0. The van der Waals surface area contributed by atoms with E-state index in [1.807, 2.05) is 0 Å². The first kappa shape index (κ1) is 31.6. The lowest BCUT2D eigenvalue weighted by atomic mass is 9.96. The van der Waals surface area contributed by atoms with Crippen LogP contribution in [0.15, 0.2) is 12.7 Å². The molecule has 2 aliphatic heterocycles. The van der Waals surface area contributed by atoms with Gasteiger partial charge in [-0.25, -0.2) is 28.2 Å². The molecule has 0 saturated carbocycles. The highest BCUT2D eigenvalue weighted by molar-refractivity contribution is 8.08. The summed E-state index contributed by atoms with van der Waals surface area (Å²) in [5.74, 6) is 0.0516. The van der Waals surface area contributed by atoms with Gasteiger partial charge in [0.2, 0.25) is 0 Å². The molecule has 2 aliphatic rings. The fourth-order valence-corrected chi connectivity index (χ4v) is 7.09. The maximum Gasteiger partial charge on any atom is 0.481 e. The fraction of sp³-hybridized carbons (Fsp3) is 0.706. The molecule has 2 saturated heterocycles. The van der Waals surface area contributed by atoms with E-state index >= 15 is 0 Å². The standard InChI is InChI=1S/C17H26FN5O14P2S/c18-5(1-24)13-10(27)9(26)12(29)17(35-13)36-38(30,31)37-39(32,40)33-2-6-8(25)11(28)16(34-6)23-4-22-7-14(19)20-3-21-15(7)23/h3-6,8-13,16-17,24-29H,1-2H2,(H,30,31)(H,32,40)(H2,19,20,21)/t5-,6+,8?,9?,10-,11?,12?,13?,16+,17?,39?/m0/s1. The number of nitrogens with two attached hydrogens (primary N) is 1. The first-order valence-electron chi connectivity index (χ1n) is 11.2. The Morgan fingerprint density at radius 1 is 1.07 bits per heavy atom. The number of imidazole rings is 1. The summed E-state index contributed by atoms with van der Waals surface area (Å²) >= 11 is 4.68. The van der Waals surface area contributed by atoms with Crippen molar-refractivity contribution in [2.75, 3.05) is 18.9 Å². The van der Waals surface area contributed by atoms with Crippen molar-refractivity contribution in [2.24, 2.45) is 0 Å². The average Bonchev–Trinajstić information content (AvgIpc) is 3.43. The van der Waals surface area contributed by atoms with Crippen LogP contribution in [0.4, 0.5) is 10.2 Å². The molecule has 2 aromatic heterocycles. The van der Waals surface area contributed by atoms with Crippen LogP contribution in [0, 0.1) is 0 Å². The van der Waals surface area contributed by atoms with Crippen molar-refractivity contribution < 1.29 is 72.2 Å². The number of nitrogen functional groups attached to an aromatic ring is 1. The molecule has 8 unspecified atom stereocenters. The molecule has 0 aliphatic carbocycles. The van der Waals surface area contributed by atoms with Gasteiger partial charge in [-0.05, 0) is 11.8 Å². The summed E-state index contributed by atoms with van der Waals surface area (Å²) in [5, 5.41) is 59.5. The first-order valence-corrected chi connectivity index (χ1v) is 15.3.